The highest BCUT2D eigenvalue weighted by atomic mass is 16.5. The van der Waals surface area contributed by atoms with Crippen molar-refractivity contribution in [3.8, 4) is 22.9 Å². The van der Waals surface area contributed by atoms with Crippen molar-refractivity contribution in [2.45, 2.75) is 12.5 Å². The molecule has 2 heterocycles. The second-order valence-corrected chi connectivity index (χ2v) is 6.92. The lowest BCUT2D eigenvalue weighted by Crippen LogP contribution is -2.27. The molecule has 28 heavy (non-hydrogen) atoms. The SMILES string of the molecule is O=c1n(-c2ccc(O)cc2)ccn1-c1ccc(OCCN2CCC(O)C2)cc1. The Balaban J connectivity index is 1.41. The molecule has 1 aliphatic heterocycles. The maximum atomic E-state index is 12.7. The number of aliphatic hydroxyl groups excluding tert-OH is 1. The lowest BCUT2D eigenvalue weighted by Gasteiger charge is -2.15. The summed E-state index contributed by atoms with van der Waals surface area (Å²) in [4.78, 5) is 14.9. The lowest BCUT2D eigenvalue weighted by atomic mass is 10.3. The maximum absolute atomic E-state index is 12.7. The van der Waals surface area contributed by atoms with E-state index in [4.69, 9.17) is 4.74 Å². The molecule has 1 aliphatic rings. The van der Waals surface area contributed by atoms with E-state index in [1.165, 1.54) is 4.57 Å². The third-order valence-electron chi connectivity index (χ3n) is 4.94. The highest BCUT2D eigenvalue weighted by Crippen LogP contribution is 2.16. The Morgan fingerprint density at radius 2 is 1.57 bits per heavy atom. The summed E-state index contributed by atoms with van der Waals surface area (Å²) in [6, 6.07) is 13.9. The van der Waals surface area contributed by atoms with E-state index in [0.29, 0.717) is 18.8 Å². The first-order chi connectivity index (χ1) is 13.6. The molecule has 0 saturated carbocycles. The van der Waals surface area contributed by atoms with E-state index in [1.807, 2.05) is 24.3 Å². The van der Waals surface area contributed by atoms with E-state index < -0.39 is 0 Å². The van der Waals surface area contributed by atoms with Gasteiger partial charge in [0.2, 0.25) is 0 Å². The van der Waals surface area contributed by atoms with E-state index in [1.54, 1.807) is 41.2 Å². The largest absolute Gasteiger partial charge is 0.508 e. The van der Waals surface area contributed by atoms with E-state index in [9.17, 15) is 15.0 Å². The number of rotatable bonds is 6. The Kier molecular flexibility index (Phi) is 5.18. The Labute approximate surface area is 162 Å². The molecule has 1 atom stereocenters. The average molecular weight is 381 g/mol. The minimum Gasteiger partial charge on any atom is -0.508 e. The molecule has 4 rings (SSSR count). The summed E-state index contributed by atoms with van der Waals surface area (Å²) in [5.74, 6) is 0.905. The van der Waals surface area contributed by atoms with Gasteiger partial charge in [0.15, 0.2) is 0 Å². The molecule has 1 aromatic heterocycles. The Morgan fingerprint density at radius 1 is 0.964 bits per heavy atom. The molecule has 1 fully saturated rings. The maximum Gasteiger partial charge on any atom is 0.337 e. The predicted molar refractivity (Wildman–Crippen MR) is 106 cm³/mol. The van der Waals surface area contributed by atoms with Gasteiger partial charge in [-0.2, -0.15) is 0 Å². The number of aromatic nitrogens is 2. The van der Waals surface area contributed by atoms with Crippen LogP contribution in [0.2, 0.25) is 0 Å². The number of aromatic hydroxyl groups is 1. The number of aliphatic hydroxyl groups is 1. The second kappa shape index (κ2) is 7.92. The van der Waals surface area contributed by atoms with Crippen LogP contribution in [0.1, 0.15) is 6.42 Å². The Bertz CT molecular complexity index is 976. The molecule has 1 unspecified atom stereocenters. The smallest absolute Gasteiger partial charge is 0.337 e. The van der Waals surface area contributed by atoms with E-state index in [-0.39, 0.29) is 17.5 Å². The first-order valence-electron chi connectivity index (χ1n) is 9.33. The van der Waals surface area contributed by atoms with E-state index >= 15 is 0 Å². The van der Waals surface area contributed by atoms with Gasteiger partial charge in [0, 0.05) is 32.0 Å². The molecule has 0 radical (unpaired) electrons. The number of hydrogen-bond donors (Lipinski definition) is 2. The van der Waals surface area contributed by atoms with Crippen molar-refractivity contribution in [2.24, 2.45) is 0 Å². The summed E-state index contributed by atoms with van der Waals surface area (Å²) in [6.45, 7) is 2.96. The zero-order valence-corrected chi connectivity index (χ0v) is 15.4. The number of benzene rings is 2. The van der Waals surface area contributed by atoms with Crippen LogP contribution in [0.25, 0.3) is 11.4 Å². The summed E-state index contributed by atoms with van der Waals surface area (Å²) >= 11 is 0. The number of ether oxygens (including phenoxy) is 1. The average Bonchev–Trinajstić information content (AvgIpc) is 3.29. The van der Waals surface area contributed by atoms with Gasteiger partial charge in [0.05, 0.1) is 17.5 Å². The summed E-state index contributed by atoms with van der Waals surface area (Å²) in [5.41, 5.74) is 1.25. The fraction of sp³-hybridized carbons (Fsp3) is 0.286. The molecule has 7 heteroatoms. The van der Waals surface area contributed by atoms with Gasteiger partial charge in [0.25, 0.3) is 0 Å². The van der Waals surface area contributed by atoms with Crippen LogP contribution < -0.4 is 10.4 Å². The fourth-order valence-corrected chi connectivity index (χ4v) is 3.39. The Morgan fingerprint density at radius 3 is 2.14 bits per heavy atom. The van der Waals surface area contributed by atoms with Crippen LogP contribution in [0, 0.1) is 0 Å². The highest BCUT2D eigenvalue weighted by Gasteiger charge is 2.19. The standard InChI is InChI=1S/C21H23N3O4/c25-18-5-1-16(2-6-18)23-11-12-24(21(23)27)17-3-7-20(8-4-17)28-14-13-22-10-9-19(26)15-22/h1-8,11-12,19,25-26H,9-10,13-15H2. The van der Waals surface area contributed by atoms with Crippen LogP contribution in [0.4, 0.5) is 0 Å². The van der Waals surface area contributed by atoms with Crippen LogP contribution in [0.3, 0.4) is 0 Å². The van der Waals surface area contributed by atoms with Gasteiger partial charge < -0.3 is 14.9 Å². The zero-order chi connectivity index (χ0) is 19.5. The van der Waals surface area contributed by atoms with Gasteiger partial charge in [-0.15, -0.1) is 0 Å². The first kappa shape index (κ1) is 18.3. The highest BCUT2D eigenvalue weighted by molar-refractivity contribution is 5.40. The molecule has 7 nitrogen and oxygen atoms in total. The summed E-state index contributed by atoms with van der Waals surface area (Å²) in [7, 11) is 0. The molecule has 3 aromatic rings. The number of phenolic OH excluding ortho intramolecular Hbond substituents is 1. The topological polar surface area (TPSA) is 79.9 Å². The van der Waals surface area contributed by atoms with Crippen molar-refractivity contribution in [3.63, 3.8) is 0 Å². The van der Waals surface area contributed by atoms with Gasteiger partial charge in [-0.1, -0.05) is 0 Å². The number of imidazole rings is 1. The molecular formula is C21H23N3O4. The number of β-amino-alcohol motifs (C(OH)–C–C–N with tert-alkyl or cyclic N) is 1. The quantitative estimate of drug-likeness (QED) is 0.680. The van der Waals surface area contributed by atoms with Crippen LogP contribution in [0.5, 0.6) is 11.5 Å². The van der Waals surface area contributed by atoms with Crippen molar-refractivity contribution in [2.75, 3.05) is 26.2 Å². The molecular weight excluding hydrogens is 358 g/mol. The number of hydrogen-bond acceptors (Lipinski definition) is 5. The molecule has 0 amide bonds. The van der Waals surface area contributed by atoms with Crippen molar-refractivity contribution >= 4 is 0 Å². The van der Waals surface area contributed by atoms with Gasteiger partial charge >= 0.3 is 5.69 Å². The third-order valence-corrected chi connectivity index (χ3v) is 4.94. The van der Waals surface area contributed by atoms with E-state index in [2.05, 4.69) is 4.90 Å². The first-order valence-corrected chi connectivity index (χ1v) is 9.33. The van der Waals surface area contributed by atoms with Gasteiger partial charge in [0.1, 0.15) is 18.1 Å². The summed E-state index contributed by atoms with van der Waals surface area (Å²) in [5, 5.41) is 18.9. The fourth-order valence-electron chi connectivity index (χ4n) is 3.39. The minimum atomic E-state index is -0.216. The van der Waals surface area contributed by atoms with Crippen LogP contribution in [-0.4, -0.2) is 56.6 Å². The van der Waals surface area contributed by atoms with Crippen LogP contribution >= 0.6 is 0 Å². The number of phenols is 1. The van der Waals surface area contributed by atoms with Crippen molar-refractivity contribution < 1.29 is 14.9 Å². The van der Waals surface area contributed by atoms with Gasteiger partial charge in [-0.25, -0.2) is 4.79 Å². The molecule has 0 aliphatic carbocycles. The minimum absolute atomic E-state index is 0.160. The Hall–Kier alpha value is -3.03. The normalized spacial score (nSPS) is 17.1. The molecule has 0 bridgehead atoms. The van der Waals surface area contributed by atoms with Gasteiger partial charge in [-0.05, 0) is 55.0 Å². The van der Waals surface area contributed by atoms with Gasteiger partial charge in [-0.3, -0.25) is 14.0 Å². The third kappa shape index (κ3) is 3.95. The van der Waals surface area contributed by atoms with Crippen LogP contribution in [-0.2, 0) is 0 Å². The van der Waals surface area contributed by atoms with Crippen LogP contribution in [0.15, 0.2) is 65.7 Å². The predicted octanol–water partition coefficient (Wildman–Crippen LogP) is 1.78. The van der Waals surface area contributed by atoms with Crippen molar-refractivity contribution in [1.29, 1.82) is 0 Å². The zero-order valence-electron chi connectivity index (χ0n) is 15.4. The molecule has 2 aromatic carbocycles. The monoisotopic (exact) mass is 381 g/mol. The van der Waals surface area contributed by atoms with E-state index in [0.717, 1.165) is 30.9 Å². The lowest BCUT2D eigenvalue weighted by molar-refractivity contribution is 0.167. The summed E-state index contributed by atoms with van der Waals surface area (Å²) < 4.78 is 8.85. The second-order valence-electron chi connectivity index (χ2n) is 6.92. The molecule has 0 spiro atoms. The van der Waals surface area contributed by atoms with Crippen molar-refractivity contribution in [1.82, 2.24) is 14.0 Å². The molecule has 146 valence electrons. The summed E-state index contributed by atoms with van der Waals surface area (Å²) in [6.07, 6.45) is 4.02. The number of nitrogens with zero attached hydrogens (tertiary/aromatic N) is 3. The number of likely N-dealkylation sites (tertiary alicyclic amines) is 1. The molecule has 2 N–H and O–H groups in total. The molecule has 1 saturated heterocycles. The van der Waals surface area contributed by atoms with Crippen molar-refractivity contribution in [3.05, 3.63) is 71.4 Å².